The summed E-state index contributed by atoms with van der Waals surface area (Å²) in [5.74, 6) is -0.296. The van der Waals surface area contributed by atoms with Crippen molar-refractivity contribution in [3.05, 3.63) is 0 Å². The van der Waals surface area contributed by atoms with Crippen LogP contribution in [0.4, 0.5) is 0 Å². The van der Waals surface area contributed by atoms with E-state index >= 15 is 0 Å². The number of esters is 1. The molecule has 0 aromatic heterocycles. The van der Waals surface area contributed by atoms with Crippen molar-refractivity contribution >= 4 is 12.2 Å². The number of hydrogen-bond donors (Lipinski definition) is 1. The van der Waals surface area contributed by atoms with Crippen molar-refractivity contribution in [3.8, 4) is 0 Å². The minimum Gasteiger partial charge on any atom is -0.469 e. The lowest BCUT2D eigenvalue weighted by atomic mass is 10.3. The van der Waals surface area contributed by atoms with E-state index in [2.05, 4.69) is 9.89 Å². The summed E-state index contributed by atoms with van der Waals surface area (Å²) in [7, 11) is 1.32. The zero-order valence-corrected chi connectivity index (χ0v) is 5.20. The zero-order valence-electron chi connectivity index (χ0n) is 5.20. The summed E-state index contributed by atoms with van der Waals surface area (Å²) in [5, 5.41) is 10.6. The molecule has 1 N–H and O–H groups in total. The molecule has 0 heterocycles. The normalized spacial score (nSPS) is 9.89. The SMILES string of the molecule is COC(=O)CCC=NO. The van der Waals surface area contributed by atoms with E-state index in [4.69, 9.17) is 5.21 Å². The van der Waals surface area contributed by atoms with Gasteiger partial charge in [-0.25, -0.2) is 0 Å². The van der Waals surface area contributed by atoms with Gasteiger partial charge in [-0.05, 0) is 6.42 Å². The number of carbonyl (C=O) groups is 1. The Hall–Kier alpha value is -1.06. The standard InChI is InChI=1S/C5H9NO3/c1-9-5(7)3-2-4-6-8/h4,8H,2-3H2,1H3. The quantitative estimate of drug-likeness (QED) is 0.261. The minimum atomic E-state index is -0.296. The van der Waals surface area contributed by atoms with Crippen LogP contribution in [0.1, 0.15) is 12.8 Å². The summed E-state index contributed by atoms with van der Waals surface area (Å²) in [6.45, 7) is 0. The first-order chi connectivity index (χ1) is 4.31. The molecule has 9 heavy (non-hydrogen) atoms. The summed E-state index contributed by atoms with van der Waals surface area (Å²) in [5.41, 5.74) is 0. The van der Waals surface area contributed by atoms with Crippen molar-refractivity contribution in [3.63, 3.8) is 0 Å². The first-order valence-corrected chi connectivity index (χ1v) is 2.54. The Bertz CT molecular complexity index is 111. The van der Waals surface area contributed by atoms with E-state index in [9.17, 15) is 4.79 Å². The molecule has 0 radical (unpaired) electrons. The van der Waals surface area contributed by atoms with Crippen molar-refractivity contribution in [1.29, 1.82) is 0 Å². The third-order valence-electron chi connectivity index (χ3n) is 0.787. The Morgan fingerprint density at radius 1 is 1.89 bits per heavy atom. The summed E-state index contributed by atoms with van der Waals surface area (Å²) in [6.07, 6.45) is 1.93. The second-order valence-corrected chi connectivity index (χ2v) is 1.41. The molecule has 0 saturated carbocycles. The van der Waals surface area contributed by atoms with E-state index in [1.54, 1.807) is 0 Å². The summed E-state index contributed by atoms with van der Waals surface area (Å²) < 4.78 is 4.31. The van der Waals surface area contributed by atoms with Crippen molar-refractivity contribution in [2.24, 2.45) is 5.16 Å². The molecule has 0 aliphatic heterocycles. The number of rotatable bonds is 3. The molecule has 0 unspecified atom stereocenters. The van der Waals surface area contributed by atoms with Gasteiger partial charge in [0, 0.05) is 6.21 Å². The second-order valence-electron chi connectivity index (χ2n) is 1.41. The molecule has 0 saturated heterocycles. The van der Waals surface area contributed by atoms with Crippen LogP contribution in [0.5, 0.6) is 0 Å². The van der Waals surface area contributed by atoms with Crippen LogP contribution in [0.2, 0.25) is 0 Å². The zero-order chi connectivity index (χ0) is 7.11. The van der Waals surface area contributed by atoms with E-state index < -0.39 is 0 Å². The fourth-order valence-corrected chi connectivity index (χ4v) is 0.342. The Balaban J connectivity index is 3.17. The minimum absolute atomic E-state index is 0.264. The van der Waals surface area contributed by atoms with Crippen molar-refractivity contribution in [1.82, 2.24) is 0 Å². The van der Waals surface area contributed by atoms with Crippen LogP contribution >= 0.6 is 0 Å². The topological polar surface area (TPSA) is 58.9 Å². The number of carbonyl (C=O) groups excluding carboxylic acids is 1. The molecule has 4 nitrogen and oxygen atoms in total. The van der Waals surface area contributed by atoms with Crippen molar-refractivity contribution in [2.75, 3.05) is 7.11 Å². The van der Waals surface area contributed by atoms with E-state index in [0.29, 0.717) is 6.42 Å². The number of hydrogen-bond acceptors (Lipinski definition) is 4. The van der Waals surface area contributed by atoms with Crippen LogP contribution in [0.25, 0.3) is 0 Å². The molecule has 0 bridgehead atoms. The molecule has 0 spiro atoms. The molecule has 0 aromatic rings. The molecule has 0 fully saturated rings. The third kappa shape index (κ3) is 4.80. The predicted molar refractivity (Wildman–Crippen MR) is 31.5 cm³/mol. The maximum Gasteiger partial charge on any atom is 0.305 e. The maximum absolute atomic E-state index is 10.3. The molecule has 0 atom stereocenters. The highest BCUT2D eigenvalue weighted by molar-refractivity contribution is 5.73. The molecular formula is C5H9NO3. The highest BCUT2D eigenvalue weighted by atomic mass is 16.5. The van der Waals surface area contributed by atoms with Gasteiger partial charge in [0.25, 0.3) is 0 Å². The second kappa shape index (κ2) is 5.08. The molecule has 0 amide bonds. The van der Waals surface area contributed by atoms with Gasteiger partial charge < -0.3 is 9.94 Å². The lowest BCUT2D eigenvalue weighted by Gasteiger charge is -1.91. The molecule has 4 heteroatoms. The van der Waals surface area contributed by atoms with E-state index in [-0.39, 0.29) is 12.4 Å². The molecule has 0 aliphatic carbocycles. The number of methoxy groups -OCH3 is 1. The summed E-state index contributed by atoms with van der Waals surface area (Å²) in [4.78, 5) is 10.3. The lowest BCUT2D eigenvalue weighted by Crippen LogP contribution is -1.99. The van der Waals surface area contributed by atoms with E-state index in [1.807, 2.05) is 0 Å². The van der Waals surface area contributed by atoms with Crippen LogP contribution in [0.15, 0.2) is 5.16 Å². The maximum atomic E-state index is 10.3. The summed E-state index contributed by atoms with van der Waals surface area (Å²) in [6, 6.07) is 0. The van der Waals surface area contributed by atoms with Gasteiger partial charge in [0.05, 0.1) is 13.5 Å². The largest absolute Gasteiger partial charge is 0.469 e. The Morgan fingerprint density at radius 3 is 3.00 bits per heavy atom. The van der Waals surface area contributed by atoms with Crippen LogP contribution in [-0.4, -0.2) is 24.5 Å². The Kier molecular flexibility index (Phi) is 4.49. The number of ether oxygens (including phenoxy) is 1. The fraction of sp³-hybridized carbons (Fsp3) is 0.600. The molecule has 52 valence electrons. The highest BCUT2D eigenvalue weighted by Crippen LogP contribution is 1.86. The van der Waals surface area contributed by atoms with Crippen molar-refractivity contribution < 1.29 is 14.7 Å². The Labute approximate surface area is 53.1 Å². The fourth-order valence-electron chi connectivity index (χ4n) is 0.342. The lowest BCUT2D eigenvalue weighted by molar-refractivity contribution is -0.140. The Morgan fingerprint density at radius 2 is 2.56 bits per heavy atom. The molecule has 0 aliphatic rings. The van der Waals surface area contributed by atoms with Gasteiger partial charge in [0.2, 0.25) is 0 Å². The summed E-state index contributed by atoms with van der Waals surface area (Å²) >= 11 is 0. The molecular weight excluding hydrogens is 122 g/mol. The van der Waals surface area contributed by atoms with Gasteiger partial charge in [0.1, 0.15) is 0 Å². The first kappa shape index (κ1) is 7.94. The van der Waals surface area contributed by atoms with Gasteiger partial charge in [-0.1, -0.05) is 0 Å². The highest BCUT2D eigenvalue weighted by Gasteiger charge is 1.95. The van der Waals surface area contributed by atoms with Crippen LogP contribution in [0.3, 0.4) is 0 Å². The number of nitrogens with zero attached hydrogens (tertiary/aromatic N) is 1. The monoisotopic (exact) mass is 131 g/mol. The van der Waals surface area contributed by atoms with Crippen LogP contribution < -0.4 is 0 Å². The van der Waals surface area contributed by atoms with Gasteiger partial charge >= 0.3 is 5.97 Å². The van der Waals surface area contributed by atoms with Gasteiger partial charge in [-0.3, -0.25) is 4.79 Å². The average molecular weight is 131 g/mol. The molecule has 0 rings (SSSR count). The predicted octanol–water partition coefficient (Wildman–Crippen LogP) is 0.400. The first-order valence-electron chi connectivity index (χ1n) is 2.54. The molecule has 0 aromatic carbocycles. The van der Waals surface area contributed by atoms with Gasteiger partial charge in [-0.15, -0.1) is 5.16 Å². The smallest absolute Gasteiger partial charge is 0.305 e. The average Bonchev–Trinajstić information content (AvgIpc) is 1.89. The van der Waals surface area contributed by atoms with Gasteiger partial charge in [-0.2, -0.15) is 0 Å². The van der Waals surface area contributed by atoms with Crippen LogP contribution in [-0.2, 0) is 9.53 Å². The van der Waals surface area contributed by atoms with Crippen LogP contribution in [0, 0.1) is 0 Å². The van der Waals surface area contributed by atoms with E-state index in [0.717, 1.165) is 0 Å². The third-order valence-corrected chi connectivity index (χ3v) is 0.787. The van der Waals surface area contributed by atoms with E-state index in [1.165, 1.54) is 13.3 Å². The van der Waals surface area contributed by atoms with Gasteiger partial charge in [0.15, 0.2) is 0 Å². The number of oxime groups is 1. The van der Waals surface area contributed by atoms with Crippen molar-refractivity contribution in [2.45, 2.75) is 12.8 Å².